The largest absolute Gasteiger partial charge is 0.348 e. The maximum atomic E-state index is 12.5. The van der Waals surface area contributed by atoms with Crippen LogP contribution in [0.5, 0.6) is 0 Å². The lowest BCUT2D eigenvalue weighted by molar-refractivity contribution is 0.0930. The van der Waals surface area contributed by atoms with Gasteiger partial charge in [-0.1, -0.05) is 0 Å². The standard InChI is InChI=1S/C16H23N5O.2ClH/c1-10(2)21-15-12(8-18-21)7-14(11(3)19-15)16(22)20-13-5-4-6-17-9-13;;/h7-8,10,13,17H,4-6,9H2,1-3H3,(H,20,22);2*1H. The Morgan fingerprint density at radius 3 is 2.79 bits per heavy atom. The number of carbonyl (C=O) groups excluding carboxylic acids is 1. The molecule has 134 valence electrons. The zero-order valence-corrected chi connectivity index (χ0v) is 15.8. The fourth-order valence-electron chi connectivity index (χ4n) is 2.91. The number of rotatable bonds is 3. The van der Waals surface area contributed by atoms with Gasteiger partial charge < -0.3 is 10.6 Å². The van der Waals surface area contributed by atoms with Crippen LogP contribution < -0.4 is 10.6 Å². The van der Waals surface area contributed by atoms with Crippen LogP contribution in [-0.4, -0.2) is 39.8 Å². The van der Waals surface area contributed by atoms with Crippen molar-refractivity contribution in [2.45, 2.75) is 45.7 Å². The van der Waals surface area contributed by atoms with Crippen LogP contribution in [0.2, 0.25) is 0 Å². The molecule has 1 fully saturated rings. The number of amides is 1. The Kier molecular flexibility index (Phi) is 7.45. The van der Waals surface area contributed by atoms with Crippen molar-refractivity contribution in [1.82, 2.24) is 25.4 Å². The first-order chi connectivity index (χ1) is 10.6. The molecular weight excluding hydrogens is 349 g/mol. The van der Waals surface area contributed by atoms with Crippen LogP contribution in [0.15, 0.2) is 12.3 Å². The number of nitrogens with one attached hydrogen (secondary N) is 2. The molecule has 8 heteroatoms. The van der Waals surface area contributed by atoms with E-state index >= 15 is 0 Å². The van der Waals surface area contributed by atoms with Gasteiger partial charge in [0.2, 0.25) is 0 Å². The summed E-state index contributed by atoms with van der Waals surface area (Å²) in [5.74, 6) is -0.0436. The number of hydrogen-bond acceptors (Lipinski definition) is 4. The highest BCUT2D eigenvalue weighted by atomic mass is 35.5. The molecule has 1 unspecified atom stereocenters. The van der Waals surface area contributed by atoms with E-state index in [-0.39, 0.29) is 42.8 Å². The molecule has 6 nitrogen and oxygen atoms in total. The highest BCUT2D eigenvalue weighted by Gasteiger charge is 2.19. The van der Waals surface area contributed by atoms with Crippen LogP contribution in [0.4, 0.5) is 0 Å². The van der Waals surface area contributed by atoms with Gasteiger partial charge in [-0.15, -0.1) is 24.8 Å². The molecule has 1 aliphatic heterocycles. The van der Waals surface area contributed by atoms with Crippen molar-refractivity contribution >= 4 is 41.8 Å². The third kappa shape index (κ3) is 4.18. The van der Waals surface area contributed by atoms with Crippen molar-refractivity contribution in [3.05, 3.63) is 23.5 Å². The lowest BCUT2D eigenvalue weighted by Gasteiger charge is -2.24. The lowest BCUT2D eigenvalue weighted by atomic mass is 10.1. The molecule has 0 spiro atoms. The van der Waals surface area contributed by atoms with Crippen molar-refractivity contribution in [1.29, 1.82) is 0 Å². The summed E-state index contributed by atoms with van der Waals surface area (Å²) in [7, 11) is 0. The monoisotopic (exact) mass is 373 g/mol. The molecule has 1 aliphatic rings. The van der Waals surface area contributed by atoms with Crippen molar-refractivity contribution in [3.63, 3.8) is 0 Å². The van der Waals surface area contributed by atoms with Crippen molar-refractivity contribution in [2.24, 2.45) is 0 Å². The van der Waals surface area contributed by atoms with Gasteiger partial charge in [-0.3, -0.25) is 4.79 Å². The Morgan fingerprint density at radius 1 is 1.42 bits per heavy atom. The summed E-state index contributed by atoms with van der Waals surface area (Å²) in [6.45, 7) is 7.89. The zero-order valence-electron chi connectivity index (χ0n) is 14.2. The molecule has 3 rings (SSSR count). The SMILES string of the molecule is Cc1nc2c(cnn2C(C)C)cc1C(=O)NC1CCCNC1.Cl.Cl. The average molecular weight is 374 g/mol. The van der Waals surface area contributed by atoms with E-state index in [2.05, 4.69) is 34.6 Å². The smallest absolute Gasteiger partial charge is 0.253 e. The summed E-state index contributed by atoms with van der Waals surface area (Å²) < 4.78 is 1.88. The molecule has 0 bridgehead atoms. The van der Waals surface area contributed by atoms with Crippen LogP contribution >= 0.6 is 24.8 Å². The van der Waals surface area contributed by atoms with Crippen LogP contribution in [0.25, 0.3) is 11.0 Å². The van der Waals surface area contributed by atoms with Gasteiger partial charge in [-0.25, -0.2) is 9.67 Å². The highest BCUT2D eigenvalue weighted by molar-refractivity contribution is 5.98. The minimum Gasteiger partial charge on any atom is -0.348 e. The van der Waals surface area contributed by atoms with Gasteiger partial charge in [0.15, 0.2) is 5.65 Å². The number of aromatic nitrogens is 3. The fourth-order valence-corrected chi connectivity index (χ4v) is 2.91. The van der Waals surface area contributed by atoms with Crippen LogP contribution in [0, 0.1) is 6.92 Å². The third-order valence-electron chi connectivity index (χ3n) is 4.13. The second-order valence-electron chi connectivity index (χ2n) is 6.23. The topological polar surface area (TPSA) is 71.8 Å². The molecular formula is C16H25Cl2N5O. The summed E-state index contributed by atoms with van der Waals surface area (Å²) in [6, 6.07) is 2.35. The molecule has 1 atom stereocenters. The van der Waals surface area contributed by atoms with E-state index in [0.717, 1.165) is 42.7 Å². The Morgan fingerprint density at radius 2 is 2.17 bits per heavy atom. The lowest BCUT2D eigenvalue weighted by Crippen LogP contribution is -2.45. The molecule has 0 aliphatic carbocycles. The third-order valence-corrected chi connectivity index (χ3v) is 4.13. The number of piperidine rings is 1. The molecule has 3 heterocycles. The molecule has 24 heavy (non-hydrogen) atoms. The van der Waals surface area contributed by atoms with E-state index in [4.69, 9.17) is 0 Å². The Hall–Kier alpha value is -1.37. The number of pyridine rings is 1. The number of aryl methyl sites for hydroxylation is 1. The highest BCUT2D eigenvalue weighted by Crippen LogP contribution is 2.19. The van der Waals surface area contributed by atoms with Gasteiger partial charge in [0, 0.05) is 24.0 Å². The summed E-state index contributed by atoms with van der Waals surface area (Å²) in [6.07, 6.45) is 3.90. The maximum absolute atomic E-state index is 12.5. The number of carbonyl (C=O) groups is 1. The molecule has 0 aromatic carbocycles. The van der Waals surface area contributed by atoms with E-state index in [1.807, 2.05) is 17.7 Å². The molecule has 0 radical (unpaired) electrons. The predicted octanol–water partition coefficient (Wildman–Crippen LogP) is 2.65. The van der Waals surface area contributed by atoms with E-state index in [1.165, 1.54) is 0 Å². The molecule has 2 aromatic rings. The number of fused-ring (bicyclic) bond motifs is 1. The van der Waals surface area contributed by atoms with Gasteiger partial charge in [-0.2, -0.15) is 5.10 Å². The number of hydrogen-bond donors (Lipinski definition) is 2. The van der Waals surface area contributed by atoms with E-state index < -0.39 is 0 Å². The summed E-state index contributed by atoms with van der Waals surface area (Å²) in [4.78, 5) is 17.1. The predicted molar refractivity (Wildman–Crippen MR) is 101 cm³/mol. The van der Waals surface area contributed by atoms with Gasteiger partial charge in [0.1, 0.15) is 0 Å². The second-order valence-corrected chi connectivity index (χ2v) is 6.23. The van der Waals surface area contributed by atoms with Crippen LogP contribution in [0.3, 0.4) is 0 Å². The van der Waals surface area contributed by atoms with Gasteiger partial charge >= 0.3 is 0 Å². The molecule has 1 amide bonds. The van der Waals surface area contributed by atoms with Gasteiger partial charge in [0.05, 0.1) is 17.5 Å². The Balaban J connectivity index is 0.00000144. The van der Waals surface area contributed by atoms with E-state index in [1.54, 1.807) is 6.20 Å². The molecule has 0 saturated carbocycles. The zero-order chi connectivity index (χ0) is 15.7. The Bertz CT molecular complexity index is 695. The maximum Gasteiger partial charge on any atom is 0.253 e. The summed E-state index contributed by atoms with van der Waals surface area (Å²) >= 11 is 0. The molecule has 2 aromatic heterocycles. The number of nitrogens with zero attached hydrogens (tertiary/aromatic N) is 3. The molecule has 2 N–H and O–H groups in total. The minimum atomic E-state index is -0.0436. The second kappa shape index (κ2) is 8.65. The van der Waals surface area contributed by atoms with Crippen molar-refractivity contribution in [3.8, 4) is 0 Å². The van der Waals surface area contributed by atoms with Gasteiger partial charge in [-0.05, 0) is 46.2 Å². The first kappa shape index (κ1) is 20.7. The molecule has 1 saturated heterocycles. The summed E-state index contributed by atoms with van der Waals surface area (Å²) in [5.41, 5.74) is 2.22. The summed E-state index contributed by atoms with van der Waals surface area (Å²) in [5, 5.41) is 11.7. The van der Waals surface area contributed by atoms with Crippen LogP contribution in [0.1, 0.15) is 48.8 Å². The van der Waals surface area contributed by atoms with Crippen LogP contribution in [-0.2, 0) is 0 Å². The fraction of sp³-hybridized carbons (Fsp3) is 0.562. The van der Waals surface area contributed by atoms with E-state index in [0.29, 0.717) is 5.56 Å². The van der Waals surface area contributed by atoms with Crippen molar-refractivity contribution in [2.75, 3.05) is 13.1 Å². The van der Waals surface area contributed by atoms with E-state index in [9.17, 15) is 4.79 Å². The van der Waals surface area contributed by atoms with Crippen molar-refractivity contribution < 1.29 is 4.79 Å². The average Bonchev–Trinajstić information content (AvgIpc) is 2.90. The first-order valence-corrected chi connectivity index (χ1v) is 7.92. The minimum absolute atomic E-state index is 0. The first-order valence-electron chi connectivity index (χ1n) is 7.92. The quantitative estimate of drug-likeness (QED) is 0.867. The van der Waals surface area contributed by atoms with Gasteiger partial charge in [0.25, 0.3) is 5.91 Å². The number of halogens is 2. The normalized spacial score (nSPS) is 17.2. The Labute approximate surface area is 154 Å².